The number of anilines is 1. The number of aryl methyl sites for hydroxylation is 1. The van der Waals surface area contributed by atoms with Crippen molar-refractivity contribution in [3.63, 3.8) is 0 Å². The smallest absolute Gasteiger partial charge is 0.224 e. The SMILES string of the molecule is Cc1ccc(NC(=O)CCCCO)cn1. The third-order valence-corrected chi connectivity index (χ3v) is 2.01. The predicted octanol–water partition coefficient (Wildman–Crippen LogP) is 1.49. The number of aliphatic hydroxyl groups is 1. The summed E-state index contributed by atoms with van der Waals surface area (Å²) < 4.78 is 0. The highest BCUT2D eigenvalue weighted by Crippen LogP contribution is 2.06. The van der Waals surface area contributed by atoms with Crippen LogP contribution in [0.4, 0.5) is 5.69 Å². The fourth-order valence-corrected chi connectivity index (χ4v) is 1.16. The maximum absolute atomic E-state index is 11.4. The highest BCUT2D eigenvalue weighted by Gasteiger charge is 2.01. The number of aliphatic hydroxyl groups excluding tert-OH is 1. The van der Waals surface area contributed by atoms with Crippen molar-refractivity contribution >= 4 is 11.6 Å². The maximum atomic E-state index is 11.4. The van der Waals surface area contributed by atoms with Gasteiger partial charge in [0.25, 0.3) is 0 Å². The summed E-state index contributed by atoms with van der Waals surface area (Å²) in [6.07, 6.45) is 3.45. The van der Waals surface area contributed by atoms with Crippen LogP contribution in [0.5, 0.6) is 0 Å². The molecule has 1 heterocycles. The van der Waals surface area contributed by atoms with Crippen LogP contribution in [0, 0.1) is 6.92 Å². The molecule has 2 N–H and O–H groups in total. The Morgan fingerprint density at radius 3 is 2.87 bits per heavy atom. The average molecular weight is 208 g/mol. The van der Waals surface area contributed by atoms with E-state index in [4.69, 9.17) is 5.11 Å². The molecule has 0 radical (unpaired) electrons. The summed E-state index contributed by atoms with van der Waals surface area (Å²) in [5.41, 5.74) is 1.64. The predicted molar refractivity (Wildman–Crippen MR) is 58.5 cm³/mol. The quantitative estimate of drug-likeness (QED) is 0.721. The molecule has 0 aliphatic heterocycles. The summed E-state index contributed by atoms with van der Waals surface area (Å²) in [5, 5.41) is 11.3. The molecule has 4 heteroatoms. The molecule has 0 saturated carbocycles. The minimum atomic E-state index is -0.0332. The van der Waals surface area contributed by atoms with Crippen LogP contribution in [-0.4, -0.2) is 22.6 Å². The maximum Gasteiger partial charge on any atom is 0.224 e. The fraction of sp³-hybridized carbons (Fsp3) is 0.455. The zero-order valence-electron chi connectivity index (χ0n) is 8.86. The number of aromatic nitrogens is 1. The molecule has 0 unspecified atom stereocenters. The van der Waals surface area contributed by atoms with Crippen LogP contribution < -0.4 is 5.32 Å². The zero-order valence-corrected chi connectivity index (χ0v) is 8.86. The van der Waals surface area contributed by atoms with E-state index in [1.54, 1.807) is 6.20 Å². The minimum absolute atomic E-state index is 0.0332. The molecule has 0 aromatic carbocycles. The summed E-state index contributed by atoms with van der Waals surface area (Å²) in [5.74, 6) is -0.0332. The Labute approximate surface area is 89.3 Å². The second-order valence-electron chi connectivity index (χ2n) is 3.42. The average Bonchev–Trinajstić information content (AvgIpc) is 2.22. The number of hydrogen-bond acceptors (Lipinski definition) is 3. The van der Waals surface area contributed by atoms with E-state index in [1.165, 1.54) is 0 Å². The number of unbranched alkanes of at least 4 members (excludes halogenated alkanes) is 1. The van der Waals surface area contributed by atoms with Crippen molar-refractivity contribution in [2.75, 3.05) is 11.9 Å². The van der Waals surface area contributed by atoms with Crippen LogP contribution in [0.3, 0.4) is 0 Å². The van der Waals surface area contributed by atoms with Crippen molar-refractivity contribution in [3.05, 3.63) is 24.0 Å². The van der Waals surface area contributed by atoms with Gasteiger partial charge in [-0.15, -0.1) is 0 Å². The van der Waals surface area contributed by atoms with Crippen molar-refractivity contribution in [2.45, 2.75) is 26.2 Å². The second kappa shape index (κ2) is 6.14. The lowest BCUT2D eigenvalue weighted by molar-refractivity contribution is -0.116. The van der Waals surface area contributed by atoms with E-state index in [1.807, 2.05) is 19.1 Å². The number of hydrogen-bond donors (Lipinski definition) is 2. The van der Waals surface area contributed by atoms with Crippen LogP contribution in [0.2, 0.25) is 0 Å². The molecular weight excluding hydrogens is 192 g/mol. The van der Waals surface area contributed by atoms with Gasteiger partial charge in [-0.1, -0.05) is 0 Å². The number of rotatable bonds is 5. The Balaban J connectivity index is 2.34. The Kier molecular flexibility index (Phi) is 4.77. The van der Waals surface area contributed by atoms with Gasteiger partial charge in [0.2, 0.25) is 5.91 Å². The molecule has 0 bridgehead atoms. The first kappa shape index (κ1) is 11.7. The first-order valence-electron chi connectivity index (χ1n) is 5.06. The molecule has 1 aromatic rings. The first-order valence-corrected chi connectivity index (χ1v) is 5.06. The molecule has 0 saturated heterocycles. The Hall–Kier alpha value is -1.42. The van der Waals surface area contributed by atoms with E-state index < -0.39 is 0 Å². The van der Waals surface area contributed by atoms with Crippen LogP contribution in [0.1, 0.15) is 25.0 Å². The van der Waals surface area contributed by atoms with Crippen molar-refractivity contribution in [3.8, 4) is 0 Å². The highest BCUT2D eigenvalue weighted by molar-refractivity contribution is 5.90. The van der Waals surface area contributed by atoms with E-state index >= 15 is 0 Å². The van der Waals surface area contributed by atoms with Gasteiger partial charge in [0.1, 0.15) is 0 Å². The highest BCUT2D eigenvalue weighted by atomic mass is 16.2. The van der Waals surface area contributed by atoms with Crippen LogP contribution in [0.25, 0.3) is 0 Å². The lowest BCUT2D eigenvalue weighted by atomic mass is 10.2. The molecule has 0 aliphatic rings. The van der Waals surface area contributed by atoms with Gasteiger partial charge in [0.05, 0.1) is 11.9 Å². The van der Waals surface area contributed by atoms with Gasteiger partial charge in [-0.3, -0.25) is 9.78 Å². The lowest BCUT2D eigenvalue weighted by Gasteiger charge is -2.04. The fourth-order valence-electron chi connectivity index (χ4n) is 1.16. The van der Waals surface area contributed by atoms with Gasteiger partial charge >= 0.3 is 0 Å². The van der Waals surface area contributed by atoms with Crippen molar-refractivity contribution in [1.29, 1.82) is 0 Å². The molecule has 1 rings (SSSR count). The van der Waals surface area contributed by atoms with Gasteiger partial charge in [-0.25, -0.2) is 0 Å². The van der Waals surface area contributed by atoms with E-state index in [0.29, 0.717) is 19.3 Å². The zero-order chi connectivity index (χ0) is 11.1. The van der Waals surface area contributed by atoms with Gasteiger partial charge in [0, 0.05) is 18.7 Å². The van der Waals surface area contributed by atoms with Gasteiger partial charge < -0.3 is 10.4 Å². The molecule has 4 nitrogen and oxygen atoms in total. The van der Waals surface area contributed by atoms with E-state index in [2.05, 4.69) is 10.3 Å². The molecule has 0 aliphatic carbocycles. The molecule has 15 heavy (non-hydrogen) atoms. The molecule has 82 valence electrons. The Morgan fingerprint density at radius 2 is 2.27 bits per heavy atom. The monoisotopic (exact) mass is 208 g/mol. The summed E-state index contributed by atoms with van der Waals surface area (Å²) in [7, 11) is 0. The molecule has 0 fully saturated rings. The molecule has 0 atom stereocenters. The summed E-state index contributed by atoms with van der Waals surface area (Å²) in [6.45, 7) is 2.03. The van der Waals surface area contributed by atoms with Gasteiger partial charge in [-0.05, 0) is 31.9 Å². The van der Waals surface area contributed by atoms with E-state index in [9.17, 15) is 4.79 Å². The standard InChI is InChI=1S/C11H16N2O2/c1-9-5-6-10(8-12-9)13-11(15)4-2-3-7-14/h5-6,8,14H,2-4,7H2,1H3,(H,13,15). The molecular formula is C11H16N2O2. The lowest BCUT2D eigenvalue weighted by Crippen LogP contribution is -2.11. The summed E-state index contributed by atoms with van der Waals surface area (Å²) in [6, 6.07) is 3.68. The molecule has 1 amide bonds. The summed E-state index contributed by atoms with van der Waals surface area (Å²) >= 11 is 0. The van der Waals surface area contributed by atoms with Crippen LogP contribution in [-0.2, 0) is 4.79 Å². The number of nitrogens with zero attached hydrogens (tertiary/aromatic N) is 1. The van der Waals surface area contributed by atoms with Crippen LogP contribution >= 0.6 is 0 Å². The Bertz CT molecular complexity index is 309. The largest absolute Gasteiger partial charge is 0.396 e. The number of nitrogens with one attached hydrogen (secondary N) is 1. The second-order valence-corrected chi connectivity index (χ2v) is 3.42. The molecule has 1 aromatic heterocycles. The summed E-state index contributed by atoms with van der Waals surface area (Å²) in [4.78, 5) is 15.4. The van der Waals surface area contributed by atoms with E-state index in [0.717, 1.165) is 11.4 Å². The normalized spacial score (nSPS) is 10.0. The third kappa shape index (κ3) is 4.56. The van der Waals surface area contributed by atoms with Crippen LogP contribution in [0.15, 0.2) is 18.3 Å². The van der Waals surface area contributed by atoms with Gasteiger partial charge in [0.15, 0.2) is 0 Å². The van der Waals surface area contributed by atoms with E-state index in [-0.39, 0.29) is 12.5 Å². The Morgan fingerprint density at radius 1 is 1.47 bits per heavy atom. The minimum Gasteiger partial charge on any atom is -0.396 e. The van der Waals surface area contributed by atoms with Crippen molar-refractivity contribution in [2.24, 2.45) is 0 Å². The van der Waals surface area contributed by atoms with Crippen molar-refractivity contribution < 1.29 is 9.90 Å². The number of carbonyl (C=O) groups excluding carboxylic acids is 1. The molecule has 0 spiro atoms. The topological polar surface area (TPSA) is 62.2 Å². The first-order chi connectivity index (χ1) is 7.22. The number of amides is 1. The number of pyridine rings is 1. The number of carbonyl (C=O) groups is 1. The third-order valence-electron chi connectivity index (χ3n) is 2.01. The van der Waals surface area contributed by atoms with Gasteiger partial charge in [-0.2, -0.15) is 0 Å². The van der Waals surface area contributed by atoms with Crippen molar-refractivity contribution in [1.82, 2.24) is 4.98 Å².